The molecule has 4 aliphatic heterocycles. The van der Waals surface area contributed by atoms with Gasteiger partial charge in [-0.05, 0) is 121 Å². The molecule has 12 nitrogen and oxygen atoms in total. The smallest absolute Gasteiger partial charge is 0.488 e. The number of aryl methyl sites for hydroxylation is 2. The van der Waals surface area contributed by atoms with Crippen LogP contribution in [-0.2, 0) is 19.3 Å². The molecular weight excluding hydrogens is 853 g/mol. The average Bonchev–Trinajstić information content (AvgIpc) is 3.62. The molecule has 0 aromatic heterocycles. The van der Waals surface area contributed by atoms with Gasteiger partial charge in [0.2, 0.25) is 0 Å². The second kappa shape index (κ2) is 19.8. The predicted octanol–water partition coefficient (Wildman–Crippen LogP) is 6.29. The molecule has 4 aromatic rings. The molecule has 61 heavy (non-hydrogen) atoms. The minimum atomic E-state index is -1.51. The number of nitrogens with zero attached hydrogens (tertiary/aromatic N) is 2. The lowest BCUT2D eigenvalue weighted by Gasteiger charge is -2.37. The van der Waals surface area contributed by atoms with E-state index in [0.717, 1.165) is 32.3 Å². The van der Waals surface area contributed by atoms with E-state index < -0.39 is 18.2 Å². The first kappa shape index (κ1) is 47.1. The van der Waals surface area contributed by atoms with Crippen LogP contribution in [0.3, 0.4) is 0 Å². The van der Waals surface area contributed by atoms with Crippen LogP contribution in [0.2, 0.25) is 0 Å². The fraction of sp³-hybridized carbons (Fsp3) is 0.333. The zero-order valence-corrected chi connectivity index (χ0v) is 35.4. The zero-order valence-electron chi connectivity index (χ0n) is 33.8. The Morgan fingerprint density at radius 3 is 1.46 bits per heavy atom. The largest absolute Gasteiger partial charge is 0.509 e. The Bertz CT molecular complexity index is 2280. The molecule has 6 N–H and O–H groups in total. The first-order valence-corrected chi connectivity index (χ1v) is 20.3. The van der Waals surface area contributed by atoms with Crippen LogP contribution in [0.4, 0.5) is 8.78 Å². The molecule has 0 atom stereocenters. The van der Waals surface area contributed by atoms with Crippen LogP contribution in [0.15, 0.2) is 101 Å². The number of hydrogen-bond donors (Lipinski definition) is 6. The number of aliphatic hydroxyl groups is 2. The lowest BCUT2D eigenvalue weighted by molar-refractivity contribution is -0.152. The van der Waals surface area contributed by atoms with E-state index in [0.29, 0.717) is 74.0 Å². The number of carbonyl (C=O) groups is 2. The van der Waals surface area contributed by atoms with Gasteiger partial charge in [0, 0.05) is 30.7 Å². The molecule has 8 rings (SSSR count). The molecule has 4 aliphatic rings. The van der Waals surface area contributed by atoms with Crippen molar-refractivity contribution in [3.05, 3.63) is 135 Å². The zero-order chi connectivity index (χ0) is 43.4. The number of rotatable bonds is 6. The lowest BCUT2D eigenvalue weighted by Crippen LogP contribution is -2.52. The van der Waals surface area contributed by atoms with Crippen molar-refractivity contribution in [1.82, 2.24) is 20.8 Å². The molecule has 0 radical (unpaired) electrons. The lowest BCUT2D eigenvalue weighted by atomic mass is 9.80. The number of hydrogen-bond acceptors (Lipinski definition) is 10. The summed E-state index contributed by atoms with van der Waals surface area (Å²) in [4.78, 5) is 35.8. The maximum atomic E-state index is 13.2. The molecule has 16 heteroatoms. The molecule has 4 aromatic carbocycles. The number of benzene rings is 4. The number of piperidine rings is 2. The van der Waals surface area contributed by atoms with Gasteiger partial charge in [-0.3, -0.25) is 9.59 Å². The summed E-state index contributed by atoms with van der Waals surface area (Å²) in [7, 11) is 1.74. The van der Waals surface area contributed by atoms with E-state index in [1.54, 1.807) is 26.4 Å². The van der Waals surface area contributed by atoms with Crippen molar-refractivity contribution >= 4 is 51.5 Å². The van der Waals surface area contributed by atoms with E-state index in [1.807, 2.05) is 60.4 Å². The Morgan fingerprint density at radius 2 is 1.03 bits per heavy atom. The van der Waals surface area contributed by atoms with Gasteiger partial charge in [0.05, 0.1) is 25.4 Å². The Morgan fingerprint density at radius 1 is 0.639 bits per heavy atom. The number of aliphatic hydroxyl groups excluding tert-OH is 2. The minimum absolute atomic E-state index is 0. The molecular formula is C45H52BBrF2N4O8. The summed E-state index contributed by atoms with van der Waals surface area (Å²) in [5, 5.41) is 48.6. The Kier molecular flexibility index (Phi) is 15.3. The van der Waals surface area contributed by atoms with Crippen molar-refractivity contribution in [1.29, 1.82) is 0 Å². The summed E-state index contributed by atoms with van der Waals surface area (Å²) in [6, 6.07) is 22.7. The van der Waals surface area contributed by atoms with Crippen molar-refractivity contribution in [2.45, 2.75) is 58.0 Å². The minimum Gasteiger partial charge on any atom is -0.509 e. The average molecular weight is 906 g/mol. The van der Waals surface area contributed by atoms with Gasteiger partial charge in [0.1, 0.15) is 34.2 Å². The highest BCUT2D eigenvalue weighted by molar-refractivity contribution is 9.10. The quantitative estimate of drug-likeness (QED) is 0.121. The van der Waals surface area contributed by atoms with Crippen LogP contribution in [0.25, 0.3) is 22.3 Å². The number of nitrogens with one attached hydrogen (secondary N) is 2. The predicted molar refractivity (Wildman–Crippen MR) is 235 cm³/mol. The van der Waals surface area contributed by atoms with Gasteiger partial charge in [0.15, 0.2) is 0 Å². The molecule has 0 unspecified atom stereocenters. The standard InChI is InChI=1S/C22H23FN2O3.C16H19BrN2O3.C6H6BFO2.CH4/c1-14-3-4-16(15-5-7-17(23)8-6-15)13-18(14)19-20(26)22(24-21(19)27)9-11-25(28-2)12-10-22;1-10-3-4-11(17)9-12(10)13-14(20)16(18-15(13)21)5-7-19(22-2)8-6-16;8-6-3-1-5(2-4-6)7(9)10;/h3-8,13,26H,9-12H2,1-2H3,(H,24,27);3-4,9,20H,5-8H2,1-2H3,(H,18,21);1-4,9-10H;1H4. The van der Waals surface area contributed by atoms with E-state index in [-0.39, 0.29) is 42.4 Å². The second-order valence-electron chi connectivity index (χ2n) is 15.2. The van der Waals surface area contributed by atoms with Crippen molar-refractivity contribution in [3.63, 3.8) is 0 Å². The summed E-state index contributed by atoms with van der Waals surface area (Å²) in [5.41, 5.74) is 4.67. The van der Waals surface area contributed by atoms with Crippen molar-refractivity contribution in [2.24, 2.45) is 0 Å². The third-order valence-corrected chi connectivity index (χ3v) is 12.0. The number of halogens is 3. The molecule has 324 valence electrons. The highest BCUT2D eigenvalue weighted by Crippen LogP contribution is 2.41. The first-order valence-electron chi connectivity index (χ1n) is 19.5. The SMILES string of the molecule is C.CON1CCC2(CC1)NC(=O)C(c1cc(-c3ccc(F)cc3)ccc1C)=C2O.CON1CCC2(CC1)NC(=O)C(c1cc(Br)ccc1C)=C2O.OB(O)c1ccc(F)cc1. The van der Waals surface area contributed by atoms with Crippen molar-refractivity contribution < 1.29 is 48.3 Å². The third kappa shape index (κ3) is 10.2. The number of carbonyl (C=O) groups excluding carboxylic acids is 2. The fourth-order valence-corrected chi connectivity index (χ4v) is 8.27. The molecule has 2 amide bonds. The maximum absolute atomic E-state index is 13.2. The molecule has 2 fully saturated rings. The van der Waals surface area contributed by atoms with Crippen LogP contribution in [0, 0.1) is 25.5 Å². The molecule has 2 saturated heterocycles. The topological polar surface area (TPSA) is 164 Å². The molecule has 0 bridgehead atoms. The monoisotopic (exact) mass is 904 g/mol. The van der Waals surface area contributed by atoms with E-state index >= 15 is 0 Å². The molecule has 0 saturated carbocycles. The highest BCUT2D eigenvalue weighted by Gasteiger charge is 2.49. The summed E-state index contributed by atoms with van der Waals surface area (Å²) < 4.78 is 26.3. The number of hydroxylamine groups is 4. The van der Waals surface area contributed by atoms with Gasteiger partial charge in [-0.2, -0.15) is 10.1 Å². The third-order valence-electron chi connectivity index (χ3n) is 11.5. The van der Waals surface area contributed by atoms with Gasteiger partial charge in [0.25, 0.3) is 11.8 Å². The first-order chi connectivity index (χ1) is 28.6. The summed E-state index contributed by atoms with van der Waals surface area (Å²) in [6.07, 6.45) is 2.43. The van der Waals surface area contributed by atoms with Gasteiger partial charge < -0.3 is 40.6 Å². The van der Waals surface area contributed by atoms with Gasteiger partial charge >= 0.3 is 7.12 Å². The maximum Gasteiger partial charge on any atom is 0.488 e. The van der Waals surface area contributed by atoms with Crippen LogP contribution < -0.4 is 16.1 Å². The van der Waals surface area contributed by atoms with Crippen LogP contribution in [0.1, 0.15) is 55.4 Å². The van der Waals surface area contributed by atoms with Gasteiger partial charge in [-0.15, -0.1) is 0 Å². The van der Waals surface area contributed by atoms with E-state index in [1.165, 1.54) is 36.4 Å². The second-order valence-corrected chi connectivity index (χ2v) is 16.1. The van der Waals surface area contributed by atoms with Crippen LogP contribution in [0.5, 0.6) is 0 Å². The molecule has 2 spiro atoms. The highest BCUT2D eigenvalue weighted by atomic mass is 79.9. The van der Waals surface area contributed by atoms with Crippen LogP contribution in [-0.4, -0.2) is 101 Å². The molecule has 4 heterocycles. The molecule has 0 aliphatic carbocycles. The summed E-state index contributed by atoms with van der Waals surface area (Å²) >= 11 is 3.43. The Hall–Kier alpha value is -4.94. The van der Waals surface area contributed by atoms with E-state index in [9.17, 15) is 28.6 Å². The Balaban J connectivity index is 0.000000190. The van der Waals surface area contributed by atoms with Crippen molar-refractivity contribution in [3.8, 4) is 11.1 Å². The van der Waals surface area contributed by atoms with Gasteiger partial charge in [-0.25, -0.2) is 8.78 Å². The summed E-state index contributed by atoms with van der Waals surface area (Å²) in [5.74, 6) is -0.880. The van der Waals surface area contributed by atoms with Crippen molar-refractivity contribution in [2.75, 3.05) is 40.4 Å². The normalized spacial score (nSPS) is 18.2. The van der Waals surface area contributed by atoms with Crippen LogP contribution >= 0.6 is 15.9 Å². The van der Waals surface area contributed by atoms with E-state index in [2.05, 4.69) is 26.6 Å². The van der Waals surface area contributed by atoms with Gasteiger partial charge in [-0.1, -0.05) is 65.8 Å². The number of amides is 2. The van der Waals surface area contributed by atoms with E-state index in [4.69, 9.17) is 19.7 Å². The summed E-state index contributed by atoms with van der Waals surface area (Å²) in [6.45, 7) is 6.45. The fourth-order valence-electron chi connectivity index (χ4n) is 7.91. The Labute approximate surface area is 363 Å².